The Labute approximate surface area is 135 Å². The molecule has 1 aromatic heterocycles. The molecule has 112 valence electrons. The third-order valence-electron chi connectivity index (χ3n) is 2.60. The van der Waals surface area contributed by atoms with Gasteiger partial charge < -0.3 is 4.74 Å². The Morgan fingerprint density at radius 2 is 1.77 bits per heavy atom. The molecular formula is C16H11BrF2N2O. The van der Waals surface area contributed by atoms with Crippen LogP contribution in [0.25, 0.3) is 11.7 Å². The second-order valence-electron chi connectivity index (χ2n) is 4.09. The summed E-state index contributed by atoms with van der Waals surface area (Å²) in [7, 11) is 0. The van der Waals surface area contributed by atoms with Crippen molar-refractivity contribution < 1.29 is 13.5 Å². The first-order valence-corrected chi connectivity index (χ1v) is 7.07. The van der Waals surface area contributed by atoms with Gasteiger partial charge >= 0.3 is 0 Å². The van der Waals surface area contributed by atoms with Gasteiger partial charge in [-0.2, -0.15) is 4.39 Å². The molecule has 0 aliphatic heterocycles. The molecule has 2 aromatic rings. The highest BCUT2D eigenvalue weighted by Crippen LogP contribution is 2.28. The minimum absolute atomic E-state index is 0.0814. The monoisotopic (exact) mass is 364 g/mol. The summed E-state index contributed by atoms with van der Waals surface area (Å²) in [6.07, 6.45) is 2.70. The van der Waals surface area contributed by atoms with Crippen LogP contribution in [0.15, 0.2) is 41.1 Å². The Hall–Kier alpha value is -2.26. The summed E-state index contributed by atoms with van der Waals surface area (Å²) in [5.41, 5.74) is 0.0814. The van der Waals surface area contributed by atoms with Crippen LogP contribution in [-0.2, 0) is 0 Å². The molecule has 0 aliphatic carbocycles. The van der Waals surface area contributed by atoms with Gasteiger partial charge in [0.2, 0.25) is 5.83 Å². The number of aromatic nitrogens is 2. The van der Waals surface area contributed by atoms with E-state index in [1.165, 1.54) is 24.5 Å². The summed E-state index contributed by atoms with van der Waals surface area (Å²) in [6, 6.07) is 5.93. The van der Waals surface area contributed by atoms with E-state index in [0.717, 1.165) is 0 Å². The molecular weight excluding hydrogens is 354 g/mol. The van der Waals surface area contributed by atoms with Crippen molar-refractivity contribution in [3.8, 4) is 17.6 Å². The van der Waals surface area contributed by atoms with E-state index in [1.54, 1.807) is 19.1 Å². The smallest absolute Gasteiger partial charge is 0.203 e. The largest absolute Gasteiger partial charge is 0.481 e. The van der Waals surface area contributed by atoms with Crippen LogP contribution >= 0.6 is 15.9 Å². The van der Waals surface area contributed by atoms with Crippen LogP contribution in [0.4, 0.5) is 8.78 Å². The lowest BCUT2D eigenvalue weighted by Crippen LogP contribution is -1.94. The van der Waals surface area contributed by atoms with Gasteiger partial charge in [-0.1, -0.05) is 5.92 Å². The lowest BCUT2D eigenvalue weighted by atomic mass is 10.1. The molecule has 0 N–H and O–H groups in total. The average molecular weight is 365 g/mol. The van der Waals surface area contributed by atoms with E-state index < -0.39 is 11.7 Å². The van der Waals surface area contributed by atoms with E-state index in [2.05, 4.69) is 37.7 Å². The first-order valence-electron chi connectivity index (χ1n) is 6.28. The van der Waals surface area contributed by atoms with Crippen LogP contribution in [0.1, 0.15) is 18.3 Å². The second kappa shape index (κ2) is 7.66. The maximum atomic E-state index is 14.1. The number of benzene rings is 1. The van der Waals surface area contributed by atoms with E-state index in [1.807, 2.05) is 0 Å². The molecule has 6 heteroatoms. The second-order valence-corrected chi connectivity index (χ2v) is 5.01. The molecule has 3 nitrogen and oxygen atoms in total. The maximum absolute atomic E-state index is 14.1. The van der Waals surface area contributed by atoms with Gasteiger partial charge in [0.25, 0.3) is 0 Å². The van der Waals surface area contributed by atoms with Gasteiger partial charge in [-0.05, 0) is 47.1 Å². The number of hydrogen-bond donors (Lipinski definition) is 0. The molecule has 0 fully saturated rings. The molecule has 1 heterocycles. The first kappa shape index (κ1) is 16.1. The highest BCUT2D eigenvalue weighted by Gasteiger charge is 2.14. The van der Waals surface area contributed by atoms with Crippen LogP contribution in [0.2, 0.25) is 0 Å². The molecule has 0 amide bonds. The van der Waals surface area contributed by atoms with Crippen molar-refractivity contribution in [2.24, 2.45) is 0 Å². The lowest BCUT2D eigenvalue weighted by molar-refractivity contribution is 0.370. The number of rotatable bonds is 4. The molecule has 0 bridgehead atoms. The summed E-state index contributed by atoms with van der Waals surface area (Å²) < 4.78 is 34.0. The molecule has 0 spiro atoms. The number of ether oxygens (including phenoxy) is 1. The molecule has 0 saturated heterocycles. The standard InChI is InChI=1S/C16H11BrF2N2O/c1-2-3-8-22-13-6-4-11(5-7-13)14(18)15(19)16-20-9-12(17)10-21-16/h4-7,9-10H,8H2,1H3/b15-14-. The van der Waals surface area contributed by atoms with Crippen LogP contribution in [0, 0.1) is 11.8 Å². The number of nitrogens with zero attached hydrogens (tertiary/aromatic N) is 2. The van der Waals surface area contributed by atoms with Crippen molar-refractivity contribution in [2.45, 2.75) is 6.92 Å². The predicted octanol–water partition coefficient (Wildman–Crippen LogP) is 4.41. The minimum Gasteiger partial charge on any atom is -0.481 e. The fourth-order valence-corrected chi connectivity index (χ4v) is 1.74. The van der Waals surface area contributed by atoms with Gasteiger partial charge in [0.15, 0.2) is 11.7 Å². The Kier molecular flexibility index (Phi) is 5.61. The third kappa shape index (κ3) is 4.12. The predicted molar refractivity (Wildman–Crippen MR) is 84.1 cm³/mol. The first-order chi connectivity index (χ1) is 10.6. The fourth-order valence-electron chi connectivity index (χ4n) is 1.54. The van der Waals surface area contributed by atoms with Crippen molar-refractivity contribution in [1.82, 2.24) is 9.97 Å². The summed E-state index contributed by atoms with van der Waals surface area (Å²) >= 11 is 3.13. The Morgan fingerprint density at radius 3 is 2.36 bits per heavy atom. The highest BCUT2D eigenvalue weighted by molar-refractivity contribution is 9.10. The van der Waals surface area contributed by atoms with Crippen LogP contribution in [0.5, 0.6) is 5.75 Å². The van der Waals surface area contributed by atoms with Gasteiger partial charge in [-0.25, -0.2) is 14.4 Å². The molecule has 22 heavy (non-hydrogen) atoms. The quantitative estimate of drug-likeness (QED) is 0.753. The van der Waals surface area contributed by atoms with Crippen molar-refractivity contribution in [3.05, 3.63) is 52.5 Å². The van der Waals surface area contributed by atoms with Gasteiger partial charge in [-0.3, -0.25) is 0 Å². The highest BCUT2D eigenvalue weighted by atomic mass is 79.9. The van der Waals surface area contributed by atoms with Gasteiger partial charge in [-0.15, -0.1) is 5.92 Å². The molecule has 2 rings (SSSR count). The Bertz CT molecular complexity index is 731. The molecule has 0 saturated carbocycles. The normalized spacial score (nSPS) is 11.3. The Morgan fingerprint density at radius 1 is 1.14 bits per heavy atom. The topological polar surface area (TPSA) is 35.0 Å². The van der Waals surface area contributed by atoms with Crippen molar-refractivity contribution in [3.63, 3.8) is 0 Å². The number of hydrogen-bond acceptors (Lipinski definition) is 3. The third-order valence-corrected chi connectivity index (χ3v) is 3.01. The molecule has 1 aromatic carbocycles. The van der Waals surface area contributed by atoms with Crippen LogP contribution in [0.3, 0.4) is 0 Å². The van der Waals surface area contributed by atoms with E-state index in [-0.39, 0.29) is 18.0 Å². The van der Waals surface area contributed by atoms with Crippen molar-refractivity contribution in [1.29, 1.82) is 0 Å². The molecule has 0 atom stereocenters. The fraction of sp³-hybridized carbons (Fsp3) is 0.125. The molecule has 0 aliphatic rings. The van der Waals surface area contributed by atoms with Crippen molar-refractivity contribution >= 4 is 27.6 Å². The zero-order chi connectivity index (χ0) is 15.9. The van der Waals surface area contributed by atoms with Gasteiger partial charge in [0.05, 0.1) is 4.47 Å². The zero-order valence-corrected chi connectivity index (χ0v) is 13.2. The van der Waals surface area contributed by atoms with E-state index in [4.69, 9.17) is 4.74 Å². The molecule has 0 unspecified atom stereocenters. The van der Waals surface area contributed by atoms with Gasteiger partial charge in [0, 0.05) is 18.0 Å². The van der Waals surface area contributed by atoms with Crippen LogP contribution in [-0.4, -0.2) is 16.6 Å². The summed E-state index contributed by atoms with van der Waals surface area (Å²) in [5.74, 6) is 3.52. The summed E-state index contributed by atoms with van der Waals surface area (Å²) in [6.45, 7) is 1.95. The zero-order valence-electron chi connectivity index (χ0n) is 11.6. The summed E-state index contributed by atoms with van der Waals surface area (Å²) in [5, 5.41) is 0. The van der Waals surface area contributed by atoms with Gasteiger partial charge in [0.1, 0.15) is 12.4 Å². The van der Waals surface area contributed by atoms with Crippen LogP contribution < -0.4 is 4.74 Å². The maximum Gasteiger partial charge on any atom is 0.203 e. The number of halogens is 3. The molecule has 0 radical (unpaired) electrons. The summed E-state index contributed by atoms with van der Waals surface area (Å²) in [4.78, 5) is 7.44. The van der Waals surface area contributed by atoms with E-state index in [9.17, 15) is 8.78 Å². The minimum atomic E-state index is -1.11. The van der Waals surface area contributed by atoms with E-state index >= 15 is 0 Å². The van der Waals surface area contributed by atoms with Crippen molar-refractivity contribution in [2.75, 3.05) is 6.61 Å². The lowest BCUT2D eigenvalue weighted by Gasteiger charge is -2.04. The van der Waals surface area contributed by atoms with E-state index in [0.29, 0.717) is 10.2 Å². The average Bonchev–Trinajstić information content (AvgIpc) is 2.55. The Balaban J connectivity index is 2.20. The SMILES string of the molecule is CC#CCOc1ccc(/C(F)=C(/F)c2ncc(Br)cn2)cc1.